The van der Waals surface area contributed by atoms with Gasteiger partial charge in [-0.3, -0.25) is 0 Å². The van der Waals surface area contributed by atoms with Crippen LogP contribution in [0.3, 0.4) is 0 Å². The molecule has 0 aromatic carbocycles. The highest BCUT2D eigenvalue weighted by Crippen LogP contribution is 2.41. The molecule has 2 aliphatic rings. The van der Waals surface area contributed by atoms with Crippen LogP contribution in [0.25, 0.3) is 0 Å². The third kappa shape index (κ3) is 3.01. The van der Waals surface area contributed by atoms with Crippen molar-refractivity contribution in [2.75, 3.05) is 19.8 Å². The van der Waals surface area contributed by atoms with E-state index in [-0.39, 0.29) is 11.7 Å². The Morgan fingerprint density at radius 2 is 2.00 bits per heavy atom. The van der Waals surface area contributed by atoms with Gasteiger partial charge in [0.05, 0.1) is 11.7 Å². The smallest absolute Gasteiger partial charge is 0.0729 e. The Morgan fingerprint density at radius 1 is 1.29 bits per heavy atom. The SMILES string of the molecule is CCC(C(C)O)C1CCOC2(CCOCC2)C1. The molecule has 3 atom stereocenters. The van der Waals surface area contributed by atoms with E-state index >= 15 is 0 Å². The molecule has 3 heteroatoms. The Bertz CT molecular complexity index is 228. The second kappa shape index (κ2) is 5.68. The highest BCUT2D eigenvalue weighted by Gasteiger charge is 2.41. The van der Waals surface area contributed by atoms with Gasteiger partial charge in [0.2, 0.25) is 0 Å². The molecular formula is C14H26O3. The maximum absolute atomic E-state index is 9.89. The molecule has 1 N–H and O–H groups in total. The third-order valence-electron chi connectivity index (χ3n) is 4.63. The van der Waals surface area contributed by atoms with Crippen LogP contribution in [-0.4, -0.2) is 36.6 Å². The van der Waals surface area contributed by atoms with Gasteiger partial charge in [-0.2, -0.15) is 0 Å². The van der Waals surface area contributed by atoms with Crippen molar-refractivity contribution in [1.29, 1.82) is 0 Å². The summed E-state index contributed by atoms with van der Waals surface area (Å²) in [6.45, 7) is 6.63. The molecule has 0 aliphatic carbocycles. The molecule has 0 radical (unpaired) electrons. The van der Waals surface area contributed by atoms with Crippen LogP contribution in [0.5, 0.6) is 0 Å². The molecule has 100 valence electrons. The molecule has 0 aromatic rings. The first kappa shape index (κ1) is 13.3. The van der Waals surface area contributed by atoms with Crippen molar-refractivity contribution in [1.82, 2.24) is 0 Å². The normalized spacial score (nSPS) is 32.3. The van der Waals surface area contributed by atoms with Gasteiger partial charge in [0.25, 0.3) is 0 Å². The van der Waals surface area contributed by atoms with Gasteiger partial charge in [0.15, 0.2) is 0 Å². The summed E-state index contributed by atoms with van der Waals surface area (Å²) in [4.78, 5) is 0. The van der Waals surface area contributed by atoms with Gasteiger partial charge in [0.1, 0.15) is 0 Å². The summed E-state index contributed by atoms with van der Waals surface area (Å²) < 4.78 is 11.5. The number of ether oxygens (including phenoxy) is 2. The van der Waals surface area contributed by atoms with Gasteiger partial charge in [0, 0.05) is 19.8 Å². The van der Waals surface area contributed by atoms with Crippen LogP contribution in [0.15, 0.2) is 0 Å². The minimum atomic E-state index is -0.194. The Balaban J connectivity index is 2.00. The maximum Gasteiger partial charge on any atom is 0.0729 e. The van der Waals surface area contributed by atoms with E-state index in [4.69, 9.17) is 9.47 Å². The first-order chi connectivity index (χ1) is 8.17. The Kier molecular flexibility index (Phi) is 4.45. The van der Waals surface area contributed by atoms with Crippen molar-refractivity contribution in [3.05, 3.63) is 0 Å². The average Bonchev–Trinajstić information content (AvgIpc) is 2.30. The van der Waals surface area contributed by atoms with Crippen molar-refractivity contribution in [2.45, 2.75) is 57.7 Å². The summed E-state index contributed by atoms with van der Waals surface area (Å²) in [6.07, 6.45) is 5.14. The number of hydrogen-bond donors (Lipinski definition) is 1. The molecule has 0 bridgehead atoms. The van der Waals surface area contributed by atoms with Crippen LogP contribution in [0.4, 0.5) is 0 Å². The maximum atomic E-state index is 9.89. The van der Waals surface area contributed by atoms with E-state index in [1.54, 1.807) is 0 Å². The fraction of sp³-hybridized carbons (Fsp3) is 1.00. The predicted molar refractivity (Wildman–Crippen MR) is 66.9 cm³/mol. The molecular weight excluding hydrogens is 216 g/mol. The third-order valence-corrected chi connectivity index (χ3v) is 4.63. The summed E-state index contributed by atoms with van der Waals surface area (Å²) >= 11 is 0. The van der Waals surface area contributed by atoms with Gasteiger partial charge in [-0.05, 0) is 44.4 Å². The molecule has 3 unspecified atom stereocenters. The molecule has 2 saturated heterocycles. The minimum absolute atomic E-state index is 0.0590. The number of hydrogen-bond acceptors (Lipinski definition) is 3. The minimum Gasteiger partial charge on any atom is -0.393 e. The second-order valence-corrected chi connectivity index (χ2v) is 5.71. The Morgan fingerprint density at radius 3 is 2.59 bits per heavy atom. The van der Waals surface area contributed by atoms with E-state index < -0.39 is 0 Å². The van der Waals surface area contributed by atoms with E-state index in [2.05, 4.69) is 6.92 Å². The molecule has 17 heavy (non-hydrogen) atoms. The summed E-state index contributed by atoms with van der Waals surface area (Å²) in [6, 6.07) is 0. The van der Waals surface area contributed by atoms with Crippen LogP contribution < -0.4 is 0 Å². The lowest BCUT2D eigenvalue weighted by atomic mass is 9.73. The van der Waals surface area contributed by atoms with E-state index in [0.29, 0.717) is 11.8 Å². The summed E-state index contributed by atoms with van der Waals surface area (Å²) in [5.74, 6) is 1.05. The lowest BCUT2D eigenvalue weighted by molar-refractivity contribution is -0.157. The molecule has 2 fully saturated rings. The van der Waals surface area contributed by atoms with Gasteiger partial charge in [-0.1, -0.05) is 13.3 Å². The lowest BCUT2D eigenvalue weighted by Crippen LogP contribution is -2.46. The van der Waals surface area contributed by atoms with Crippen LogP contribution in [0, 0.1) is 11.8 Å². The van der Waals surface area contributed by atoms with Gasteiger partial charge < -0.3 is 14.6 Å². The zero-order valence-electron chi connectivity index (χ0n) is 11.2. The van der Waals surface area contributed by atoms with Crippen LogP contribution in [-0.2, 0) is 9.47 Å². The zero-order chi connectivity index (χ0) is 12.3. The summed E-state index contributed by atoms with van der Waals surface area (Å²) in [5, 5.41) is 9.89. The quantitative estimate of drug-likeness (QED) is 0.825. The highest BCUT2D eigenvalue weighted by atomic mass is 16.5. The zero-order valence-corrected chi connectivity index (χ0v) is 11.2. The lowest BCUT2D eigenvalue weighted by Gasteiger charge is -2.45. The molecule has 2 rings (SSSR count). The standard InChI is InChI=1S/C14H26O3/c1-3-13(11(2)15)12-4-7-17-14(10-12)5-8-16-9-6-14/h11-13,15H,3-10H2,1-2H3. The molecule has 0 saturated carbocycles. The molecule has 0 aromatic heterocycles. The molecule has 2 aliphatic heterocycles. The summed E-state index contributed by atoms with van der Waals surface area (Å²) in [5.41, 5.74) is 0.0590. The predicted octanol–water partition coefficient (Wildman–Crippen LogP) is 2.37. The fourth-order valence-corrected chi connectivity index (χ4v) is 3.59. The molecule has 3 nitrogen and oxygen atoms in total. The average molecular weight is 242 g/mol. The van der Waals surface area contributed by atoms with E-state index in [0.717, 1.165) is 51.9 Å². The largest absolute Gasteiger partial charge is 0.393 e. The molecule has 1 spiro atoms. The van der Waals surface area contributed by atoms with Crippen molar-refractivity contribution >= 4 is 0 Å². The highest BCUT2D eigenvalue weighted by molar-refractivity contribution is 4.91. The van der Waals surface area contributed by atoms with Gasteiger partial charge in [-0.25, -0.2) is 0 Å². The first-order valence-electron chi connectivity index (χ1n) is 7.06. The van der Waals surface area contributed by atoms with Crippen molar-refractivity contribution in [3.63, 3.8) is 0 Å². The number of rotatable bonds is 3. The molecule has 2 heterocycles. The van der Waals surface area contributed by atoms with E-state index in [1.165, 1.54) is 0 Å². The molecule has 0 amide bonds. The number of aliphatic hydroxyl groups excluding tert-OH is 1. The topological polar surface area (TPSA) is 38.7 Å². The summed E-state index contributed by atoms with van der Waals surface area (Å²) in [7, 11) is 0. The van der Waals surface area contributed by atoms with Gasteiger partial charge in [-0.15, -0.1) is 0 Å². The second-order valence-electron chi connectivity index (χ2n) is 5.71. The van der Waals surface area contributed by atoms with E-state index in [9.17, 15) is 5.11 Å². The Labute approximate surface area is 104 Å². The van der Waals surface area contributed by atoms with Crippen LogP contribution in [0.1, 0.15) is 46.0 Å². The van der Waals surface area contributed by atoms with E-state index in [1.807, 2.05) is 6.92 Å². The van der Waals surface area contributed by atoms with Gasteiger partial charge >= 0.3 is 0 Å². The van der Waals surface area contributed by atoms with Crippen LogP contribution >= 0.6 is 0 Å². The monoisotopic (exact) mass is 242 g/mol. The number of aliphatic hydroxyl groups is 1. The van der Waals surface area contributed by atoms with Crippen LogP contribution in [0.2, 0.25) is 0 Å². The van der Waals surface area contributed by atoms with Crippen molar-refractivity contribution in [2.24, 2.45) is 11.8 Å². The first-order valence-corrected chi connectivity index (χ1v) is 7.06. The van der Waals surface area contributed by atoms with Crippen molar-refractivity contribution in [3.8, 4) is 0 Å². The fourth-order valence-electron chi connectivity index (χ4n) is 3.59. The Hall–Kier alpha value is -0.120. The van der Waals surface area contributed by atoms with Crippen molar-refractivity contribution < 1.29 is 14.6 Å².